The highest BCUT2D eigenvalue weighted by Crippen LogP contribution is 2.33. The molecule has 0 saturated carbocycles. The van der Waals surface area contributed by atoms with Crippen LogP contribution in [0.25, 0.3) is 6.08 Å². The van der Waals surface area contributed by atoms with Gasteiger partial charge in [-0.05, 0) is 31.2 Å². The van der Waals surface area contributed by atoms with E-state index < -0.39 is 5.97 Å². The molecule has 0 saturated heterocycles. The van der Waals surface area contributed by atoms with Crippen LogP contribution in [0.5, 0.6) is 11.5 Å². The fourth-order valence-corrected chi connectivity index (χ4v) is 2.48. The first-order valence-corrected chi connectivity index (χ1v) is 8.12. The van der Waals surface area contributed by atoms with E-state index in [-0.39, 0.29) is 11.6 Å². The number of aryl methyl sites for hydroxylation is 1. The minimum Gasteiger partial charge on any atom is -0.493 e. The molecule has 132 valence electrons. The van der Waals surface area contributed by atoms with Gasteiger partial charge in [0, 0.05) is 11.1 Å². The lowest BCUT2D eigenvalue weighted by Gasteiger charge is -2.12. The monoisotopic (exact) mass is 349 g/mol. The highest BCUT2D eigenvalue weighted by Gasteiger charge is 2.24. The van der Waals surface area contributed by atoms with Crippen LogP contribution >= 0.6 is 0 Å². The van der Waals surface area contributed by atoms with Crippen molar-refractivity contribution in [3.05, 3.63) is 77.5 Å². The van der Waals surface area contributed by atoms with Crippen molar-refractivity contribution in [2.75, 3.05) is 13.7 Å². The Bertz CT molecular complexity index is 895. The molecule has 1 aliphatic rings. The number of ether oxygens (including phenoxy) is 3. The van der Waals surface area contributed by atoms with Gasteiger partial charge >= 0.3 is 5.97 Å². The number of carbonyl (C=O) groups excluding carboxylic acids is 1. The summed E-state index contributed by atoms with van der Waals surface area (Å²) in [6, 6.07) is 13.0. The van der Waals surface area contributed by atoms with Crippen molar-refractivity contribution in [1.29, 1.82) is 0 Å². The summed E-state index contributed by atoms with van der Waals surface area (Å²) in [6.07, 6.45) is 3.27. The zero-order chi connectivity index (χ0) is 18.5. The molecular formula is C21H19NO4. The minimum absolute atomic E-state index is 0.206. The van der Waals surface area contributed by atoms with Crippen molar-refractivity contribution in [2.24, 2.45) is 4.99 Å². The van der Waals surface area contributed by atoms with E-state index in [1.165, 1.54) is 0 Å². The molecule has 2 aromatic rings. The second kappa shape index (κ2) is 7.70. The van der Waals surface area contributed by atoms with Crippen LogP contribution in [0.15, 0.2) is 65.8 Å². The molecule has 0 N–H and O–H groups in total. The summed E-state index contributed by atoms with van der Waals surface area (Å²) < 4.78 is 16.3. The fraction of sp³-hybridized carbons (Fsp3) is 0.143. The molecule has 1 heterocycles. The Labute approximate surface area is 152 Å². The highest BCUT2D eigenvalue weighted by molar-refractivity contribution is 6.13. The summed E-state index contributed by atoms with van der Waals surface area (Å²) in [4.78, 5) is 16.5. The maximum absolute atomic E-state index is 12.2. The van der Waals surface area contributed by atoms with Gasteiger partial charge in [0.15, 0.2) is 17.2 Å². The van der Waals surface area contributed by atoms with E-state index in [9.17, 15) is 4.79 Å². The van der Waals surface area contributed by atoms with E-state index in [4.69, 9.17) is 14.2 Å². The lowest BCUT2D eigenvalue weighted by molar-refractivity contribution is -0.129. The van der Waals surface area contributed by atoms with Crippen LogP contribution in [-0.4, -0.2) is 25.6 Å². The molecule has 1 aliphatic heterocycles. The molecular weight excluding hydrogens is 330 g/mol. The summed E-state index contributed by atoms with van der Waals surface area (Å²) in [5, 5.41) is 0. The molecule has 5 nitrogen and oxygen atoms in total. The van der Waals surface area contributed by atoms with Crippen LogP contribution in [0.4, 0.5) is 0 Å². The van der Waals surface area contributed by atoms with Gasteiger partial charge in [-0.15, -0.1) is 0 Å². The zero-order valence-electron chi connectivity index (χ0n) is 14.7. The summed E-state index contributed by atoms with van der Waals surface area (Å²) in [5.74, 6) is 0.875. The molecule has 3 rings (SSSR count). The van der Waals surface area contributed by atoms with Crippen LogP contribution in [0.3, 0.4) is 0 Å². The molecule has 0 unspecified atom stereocenters. The molecule has 0 aromatic heterocycles. The molecule has 0 aliphatic carbocycles. The number of hydrogen-bond donors (Lipinski definition) is 0. The van der Waals surface area contributed by atoms with E-state index in [1.54, 1.807) is 25.3 Å². The number of esters is 1. The number of rotatable bonds is 6. The van der Waals surface area contributed by atoms with E-state index in [2.05, 4.69) is 11.6 Å². The number of para-hydroxylation sites is 1. The van der Waals surface area contributed by atoms with Gasteiger partial charge in [-0.1, -0.05) is 42.5 Å². The summed E-state index contributed by atoms with van der Waals surface area (Å²) in [6.45, 7) is 5.96. The average Bonchev–Trinajstić information content (AvgIpc) is 3.01. The van der Waals surface area contributed by atoms with E-state index in [1.807, 2.05) is 43.3 Å². The number of cyclic esters (lactones) is 1. The predicted molar refractivity (Wildman–Crippen MR) is 100 cm³/mol. The first kappa shape index (κ1) is 17.5. The van der Waals surface area contributed by atoms with E-state index in [0.717, 1.165) is 11.1 Å². The van der Waals surface area contributed by atoms with Crippen molar-refractivity contribution in [2.45, 2.75) is 6.92 Å². The third-order valence-corrected chi connectivity index (χ3v) is 3.79. The first-order chi connectivity index (χ1) is 12.6. The molecule has 26 heavy (non-hydrogen) atoms. The Hall–Kier alpha value is -3.34. The van der Waals surface area contributed by atoms with Gasteiger partial charge in [0.25, 0.3) is 0 Å². The van der Waals surface area contributed by atoms with Gasteiger partial charge < -0.3 is 14.2 Å². The third kappa shape index (κ3) is 3.67. The number of nitrogens with zero attached hydrogens (tertiary/aromatic N) is 1. The fourth-order valence-electron chi connectivity index (χ4n) is 2.48. The Morgan fingerprint density at radius 3 is 2.65 bits per heavy atom. The Kier molecular flexibility index (Phi) is 5.17. The van der Waals surface area contributed by atoms with Gasteiger partial charge in [0.1, 0.15) is 6.61 Å². The molecule has 0 spiro atoms. The topological polar surface area (TPSA) is 57.1 Å². The predicted octanol–water partition coefficient (Wildman–Crippen LogP) is 3.91. The van der Waals surface area contributed by atoms with Gasteiger partial charge in [-0.3, -0.25) is 0 Å². The normalized spacial score (nSPS) is 14.8. The second-order valence-corrected chi connectivity index (χ2v) is 5.68. The lowest BCUT2D eigenvalue weighted by atomic mass is 10.1. The van der Waals surface area contributed by atoms with Crippen molar-refractivity contribution in [3.8, 4) is 11.5 Å². The Balaban J connectivity index is 1.97. The summed E-state index contributed by atoms with van der Waals surface area (Å²) >= 11 is 0. The number of aliphatic imine (C=N–C) groups is 1. The molecule has 0 radical (unpaired) electrons. The average molecular weight is 349 g/mol. The smallest absolute Gasteiger partial charge is 0.363 e. The van der Waals surface area contributed by atoms with E-state index in [0.29, 0.717) is 23.7 Å². The minimum atomic E-state index is -0.502. The van der Waals surface area contributed by atoms with Crippen molar-refractivity contribution in [1.82, 2.24) is 0 Å². The van der Waals surface area contributed by atoms with Gasteiger partial charge in [-0.2, -0.15) is 0 Å². The number of benzene rings is 2. The SMILES string of the molecule is C=CCOc1c(/C=C2\N=C(c3ccc(C)cc3)OC2=O)cccc1OC. The van der Waals surface area contributed by atoms with Crippen molar-refractivity contribution in [3.63, 3.8) is 0 Å². The maximum atomic E-state index is 12.2. The third-order valence-electron chi connectivity index (χ3n) is 3.79. The largest absolute Gasteiger partial charge is 0.493 e. The first-order valence-electron chi connectivity index (χ1n) is 8.12. The lowest BCUT2D eigenvalue weighted by Crippen LogP contribution is -2.05. The van der Waals surface area contributed by atoms with Crippen LogP contribution < -0.4 is 9.47 Å². The van der Waals surface area contributed by atoms with Crippen molar-refractivity contribution < 1.29 is 19.0 Å². The Morgan fingerprint density at radius 1 is 1.19 bits per heavy atom. The number of hydrogen-bond acceptors (Lipinski definition) is 5. The summed E-state index contributed by atoms with van der Waals surface area (Å²) in [7, 11) is 1.56. The summed E-state index contributed by atoms with van der Waals surface area (Å²) in [5.41, 5.74) is 2.75. The van der Waals surface area contributed by atoms with Gasteiger partial charge in [0.2, 0.25) is 5.90 Å². The molecule has 0 amide bonds. The maximum Gasteiger partial charge on any atom is 0.363 e. The molecule has 0 atom stereocenters. The van der Waals surface area contributed by atoms with Crippen LogP contribution in [-0.2, 0) is 9.53 Å². The van der Waals surface area contributed by atoms with Crippen molar-refractivity contribution >= 4 is 17.9 Å². The van der Waals surface area contributed by atoms with E-state index >= 15 is 0 Å². The zero-order valence-corrected chi connectivity index (χ0v) is 14.7. The van der Waals surface area contributed by atoms with Crippen LogP contribution in [0, 0.1) is 6.92 Å². The van der Waals surface area contributed by atoms with Gasteiger partial charge in [-0.25, -0.2) is 9.79 Å². The Morgan fingerprint density at radius 2 is 1.96 bits per heavy atom. The quantitative estimate of drug-likeness (QED) is 0.451. The molecule has 2 aromatic carbocycles. The standard InChI is InChI=1S/C21H19NO4/c1-4-12-25-19-16(6-5-7-18(19)24-3)13-17-21(23)26-20(22-17)15-10-8-14(2)9-11-15/h4-11,13H,1,12H2,2-3H3/b17-13-. The highest BCUT2D eigenvalue weighted by atomic mass is 16.6. The molecule has 0 fully saturated rings. The van der Waals surface area contributed by atoms with Gasteiger partial charge in [0.05, 0.1) is 7.11 Å². The number of carbonyl (C=O) groups is 1. The van der Waals surface area contributed by atoms with Crippen LogP contribution in [0.2, 0.25) is 0 Å². The number of methoxy groups -OCH3 is 1. The second-order valence-electron chi connectivity index (χ2n) is 5.68. The molecule has 0 bridgehead atoms. The van der Waals surface area contributed by atoms with Crippen LogP contribution in [0.1, 0.15) is 16.7 Å². The molecule has 5 heteroatoms.